The molecule has 0 saturated heterocycles. The van der Waals surface area contributed by atoms with E-state index in [9.17, 15) is 13.2 Å². The van der Waals surface area contributed by atoms with Crippen LogP contribution in [0.4, 0.5) is 0 Å². The van der Waals surface area contributed by atoms with Crippen LogP contribution in [0.15, 0.2) is 21.9 Å². The summed E-state index contributed by atoms with van der Waals surface area (Å²) in [5.74, 6) is 1.39. The minimum absolute atomic E-state index is 0.135. The van der Waals surface area contributed by atoms with E-state index in [1.54, 1.807) is 0 Å². The SMILES string of the molecule is Cc1ccc(-c2nc(CC(=O)NCCCN(C)S(C)(=O)=O)cs2)o1. The predicted octanol–water partition coefficient (Wildman–Crippen LogP) is 1.65. The molecular formula is C15H21N3O4S2. The van der Waals surface area contributed by atoms with Crippen molar-refractivity contribution in [2.75, 3.05) is 26.4 Å². The van der Waals surface area contributed by atoms with Gasteiger partial charge in [-0.25, -0.2) is 17.7 Å². The summed E-state index contributed by atoms with van der Waals surface area (Å²) in [6.45, 7) is 2.66. The van der Waals surface area contributed by atoms with Gasteiger partial charge in [0.25, 0.3) is 0 Å². The Bertz CT molecular complexity index is 795. The maximum Gasteiger partial charge on any atom is 0.226 e. The molecule has 7 nitrogen and oxygen atoms in total. The summed E-state index contributed by atoms with van der Waals surface area (Å²) in [4.78, 5) is 16.3. The lowest BCUT2D eigenvalue weighted by Gasteiger charge is -2.13. The third kappa shape index (κ3) is 5.43. The number of nitrogens with zero attached hydrogens (tertiary/aromatic N) is 2. The highest BCUT2D eigenvalue weighted by atomic mass is 32.2. The second-order valence-electron chi connectivity index (χ2n) is 5.52. The van der Waals surface area contributed by atoms with Crippen molar-refractivity contribution in [2.45, 2.75) is 19.8 Å². The Morgan fingerprint density at radius 3 is 2.79 bits per heavy atom. The van der Waals surface area contributed by atoms with Crippen molar-refractivity contribution in [3.05, 3.63) is 29.0 Å². The van der Waals surface area contributed by atoms with Crippen LogP contribution in [0.1, 0.15) is 17.9 Å². The molecule has 1 amide bonds. The highest BCUT2D eigenvalue weighted by Crippen LogP contribution is 2.25. The molecular weight excluding hydrogens is 350 g/mol. The molecule has 0 atom stereocenters. The van der Waals surface area contributed by atoms with Crippen LogP contribution in [-0.4, -0.2) is 50.0 Å². The van der Waals surface area contributed by atoms with Gasteiger partial charge in [0.15, 0.2) is 10.8 Å². The van der Waals surface area contributed by atoms with E-state index in [0.717, 1.165) is 17.0 Å². The van der Waals surface area contributed by atoms with Crippen molar-refractivity contribution in [1.82, 2.24) is 14.6 Å². The van der Waals surface area contributed by atoms with Gasteiger partial charge in [-0.2, -0.15) is 0 Å². The van der Waals surface area contributed by atoms with Crippen LogP contribution in [0.25, 0.3) is 10.8 Å². The Hall–Kier alpha value is -1.71. The van der Waals surface area contributed by atoms with Crippen LogP contribution >= 0.6 is 11.3 Å². The highest BCUT2D eigenvalue weighted by Gasteiger charge is 2.12. The third-order valence-corrected chi connectivity index (χ3v) is 5.60. The largest absolute Gasteiger partial charge is 0.459 e. The first-order valence-electron chi connectivity index (χ1n) is 7.45. The molecule has 2 aromatic rings. The number of thiazole rings is 1. The smallest absolute Gasteiger partial charge is 0.226 e. The van der Waals surface area contributed by atoms with Gasteiger partial charge >= 0.3 is 0 Å². The molecule has 1 N–H and O–H groups in total. The first kappa shape index (κ1) is 18.6. The molecule has 0 saturated carbocycles. The minimum atomic E-state index is -3.17. The van der Waals surface area contributed by atoms with Gasteiger partial charge in [-0.1, -0.05) is 0 Å². The Morgan fingerprint density at radius 1 is 1.42 bits per heavy atom. The number of hydrogen-bond acceptors (Lipinski definition) is 6. The van der Waals surface area contributed by atoms with Gasteiger partial charge in [0.2, 0.25) is 15.9 Å². The molecule has 0 radical (unpaired) electrons. The molecule has 2 rings (SSSR count). The fourth-order valence-corrected chi connectivity index (χ4v) is 3.21. The Balaban J connectivity index is 1.76. The fraction of sp³-hybridized carbons (Fsp3) is 0.467. The normalized spacial score (nSPS) is 11.8. The first-order chi connectivity index (χ1) is 11.3. The van der Waals surface area contributed by atoms with Gasteiger partial charge in [-0.3, -0.25) is 4.79 Å². The Morgan fingerprint density at radius 2 is 2.17 bits per heavy atom. The molecule has 2 heterocycles. The molecule has 0 aromatic carbocycles. The van der Waals surface area contributed by atoms with Gasteiger partial charge in [-0.15, -0.1) is 11.3 Å². The Labute approximate surface area is 145 Å². The van der Waals surface area contributed by atoms with Crippen molar-refractivity contribution in [2.24, 2.45) is 0 Å². The summed E-state index contributed by atoms with van der Waals surface area (Å²) >= 11 is 1.43. The van der Waals surface area contributed by atoms with E-state index in [4.69, 9.17) is 4.42 Å². The molecule has 0 aliphatic heterocycles. The van der Waals surface area contributed by atoms with Crippen LogP contribution < -0.4 is 5.32 Å². The summed E-state index contributed by atoms with van der Waals surface area (Å²) in [5.41, 5.74) is 0.690. The third-order valence-electron chi connectivity index (χ3n) is 3.38. The Kier molecular flexibility index (Phi) is 6.14. The predicted molar refractivity (Wildman–Crippen MR) is 93.4 cm³/mol. The van der Waals surface area contributed by atoms with Gasteiger partial charge in [0, 0.05) is 25.5 Å². The number of hydrogen-bond donors (Lipinski definition) is 1. The van der Waals surface area contributed by atoms with E-state index >= 15 is 0 Å². The van der Waals surface area contributed by atoms with Crippen molar-refractivity contribution in [1.29, 1.82) is 0 Å². The molecule has 0 fully saturated rings. The molecule has 0 spiro atoms. The number of rotatable bonds is 8. The summed E-state index contributed by atoms with van der Waals surface area (Å²) < 4.78 is 29.3. The fourth-order valence-electron chi connectivity index (χ4n) is 1.97. The van der Waals surface area contributed by atoms with Crippen LogP contribution in [0, 0.1) is 6.92 Å². The lowest BCUT2D eigenvalue weighted by Crippen LogP contribution is -2.31. The molecule has 0 aliphatic carbocycles. The lowest BCUT2D eigenvalue weighted by atomic mass is 10.3. The number of furan rings is 1. The molecule has 9 heteroatoms. The maximum atomic E-state index is 11.9. The molecule has 0 bridgehead atoms. The van der Waals surface area contributed by atoms with E-state index in [-0.39, 0.29) is 12.3 Å². The van der Waals surface area contributed by atoms with Crippen LogP contribution in [0.2, 0.25) is 0 Å². The van der Waals surface area contributed by atoms with E-state index in [1.165, 1.54) is 22.7 Å². The number of aryl methyl sites for hydroxylation is 1. The standard InChI is InChI=1S/C15H21N3O4S2/c1-11-5-6-13(22-11)15-17-12(10-23-15)9-14(19)16-7-4-8-18(2)24(3,20)21/h5-6,10H,4,7-9H2,1-3H3,(H,16,19). The monoisotopic (exact) mass is 371 g/mol. The number of sulfonamides is 1. The minimum Gasteiger partial charge on any atom is -0.459 e. The first-order valence-corrected chi connectivity index (χ1v) is 10.2. The molecule has 24 heavy (non-hydrogen) atoms. The highest BCUT2D eigenvalue weighted by molar-refractivity contribution is 7.88. The van der Waals surface area contributed by atoms with Crippen LogP contribution in [0.5, 0.6) is 0 Å². The topological polar surface area (TPSA) is 92.5 Å². The summed E-state index contributed by atoms with van der Waals surface area (Å²) in [5, 5.41) is 5.36. The maximum absolute atomic E-state index is 11.9. The number of nitrogens with one attached hydrogen (secondary N) is 1. The van der Waals surface area contributed by atoms with Gasteiger partial charge in [0.05, 0.1) is 18.4 Å². The zero-order valence-electron chi connectivity index (χ0n) is 13.9. The van der Waals surface area contributed by atoms with Gasteiger partial charge in [0.1, 0.15) is 5.76 Å². The number of amides is 1. The number of aromatic nitrogens is 1. The van der Waals surface area contributed by atoms with Crippen molar-refractivity contribution in [3.63, 3.8) is 0 Å². The molecule has 0 aliphatic rings. The van der Waals surface area contributed by atoms with Gasteiger partial charge < -0.3 is 9.73 Å². The van der Waals surface area contributed by atoms with Crippen LogP contribution in [0.3, 0.4) is 0 Å². The van der Waals surface area contributed by atoms with E-state index in [0.29, 0.717) is 31.0 Å². The van der Waals surface area contributed by atoms with E-state index < -0.39 is 10.0 Å². The van der Waals surface area contributed by atoms with E-state index in [2.05, 4.69) is 10.3 Å². The zero-order chi connectivity index (χ0) is 17.7. The quantitative estimate of drug-likeness (QED) is 0.712. The summed E-state index contributed by atoms with van der Waals surface area (Å²) in [7, 11) is -1.65. The van der Waals surface area contributed by atoms with Crippen molar-refractivity contribution in [3.8, 4) is 10.8 Å². The van der Waals surface area contributed by atoms with Gasteiger partial charge in [-0.05, 0) is 25.5 Å². The number of carbonyl (C=O) groups is 1. The average Bonchev–Trinajstić information content (AvgIpc) is 3.11. The lowest BCUT2D eigenvalue weighted by molar-refractivity contribution is -0.120. The van der Waals surface area contributed by atoms with Crippen molar-refractivity contribution >= 4 is 27.3 Å². The summed E-state index contributed by atoms with van der Waals surface area (Å²) in [6.07, 6.45) is 1.91. The second kappa shape index (κ2) is 7.91. The summed E-state index contributed by atoms with van der Waals surface area (Å²) in [6, 6.07) is 3.73. The average molecular weight is 371 g/mol. The van der Waals surface area contributed by atoms with Crippen LogP contribution in [-0.2, 0) is 21.2 Å². The molecule has 0 unspecified atom stereocenters. The van der Waals surface area contributed by atoms with E-state index in [1.807, 2.05) is 24.4 Å². The number of carbonyl (C=O) groups excluding carboxylic acids is 1. The molecule has 2 aromatic heterocycles. The molecule has 132 valence electrons. The van der Waals surface area contributed by atoms with Crippen molar-refractivity contribution < 1.29 is 17.6 Å². The second-order valence-corrected chi connectivity index (χ2v) is 8.47. The zero-order valence-corrected chi connectivity index (χ0v) is 15.5.